The normalized spacial score (nSPS) is 10.3. The summed E-state index contributed by atoms with van der Waals surface area (Å²) in [5.41, 5.74) is 1.77. The molecule has 1 aromatic heterocycles. The molecule has 1 aromatic carbocycles. The van der Waals surface area contributed by atoms with Crippen LogP contribution in [0.15, 0.2) is 41.7 Å². The molecule has 2 N–H and O–H groups in total. The van der Waals surface area contributed by atoms with Crippen molar-refractivity contribution >= 4 is 17.7 Å². The third kappa shape index (κ3) is 2.84. The minimum absolute atomic E-state index is 0.193. The molecule has 0 radical (unpaired) electrons. The van der Waals surface area contributed by atoms with Crippen LogP contribution in [0.5, 0.6) is 0 Å². The quantitative estimate of drug-likeness (QED) is 0.514. The summed E-state index contributed by atoms with van der Waals surface area (Å²) in [6, 6.07) is 9.72. The average molecular weight is 263 g/mol. The molecule has 18 heavy (non-hydrogen) atoms. The van der Waals surface area contributed by atoms with E-state index in [0.717, 1.165) is 11.3 Å². The van der Waals surface area contributed by atoms with Crippen LogP contribution >= 0.6 is 11.8 Å². The van der Waals surface area contributed by atoms with Crippen molar-refractivity contribution in [3.05, 3.63) is 36.5 Å². The van der Waals surface area contributed by atoms with E-state index in [1.165, 1.54) is 23.5 Å². The van der Waals surface area contributed by atoms with Gasteiger partial charge in [-0.2, -0.15) is 0 Å². The molecular weight excluding hydrogens is 250 g/mol. The highest BCUT2D eigenvalue weighted by atomic mass is 32.2. The van der Waals surface area contributed by atoms with Gasteiger partial charge >= 0.3 is 5.97 Å². The Bertz CT molecular complexity index is 540. The van der Waals surface area contributed by atoms with Crippen molar-refractivity contribution in [1.82, 2.24) is 9.66 Å². The van der Waals surface area contributed by atoms with E-state index in [4.69, 9.17) is 5.84 Å². The van der Waals surface area contributed by atoms with Gasteiger partial charge in [0.2, 0.25) is 0 Å². The molecule has 0 atom stereocenters. The number of imidazole rings is 1. The van der Waals surface area contributed by atoms with E-state index in [-0.39, 0.29) is 11.7 Å². The maximum absolute atomic E-state index is 11.1. The van der Waals surface area contributed by atoms with Gasteiger partial charge in [0, 0.05) is 5.56 Å². The summed E-state index contributed by atoms with van der Waals surface area (Å²) in [5.74, 6) is 5.68. The summed E-state index contributed by atoms with van der Waals surface area (Å²) < 4.78 is 5.98. The number of nitrogen functional groups attached to an aromatic ring is 1. The Morgan fingerprint density at radius 2 is 2.17 bits per heavy atom. The summed E-state index contributed by atoms with van der Waals surface area (Å²) in [7, 11) is 1.35. The van der Waals surface area contributed by atoms with Gasteiger partial charge in [-0.05, 0) is 0 Å². The fourth-order valence-corrected chi connectivity index (χ4v) is 2.14. The zero-order chi connectivity index (χ0) is 13.0. The number of nitrogens with two attached hydrogens (primary N) is 1. The number of nitrogens with zero attached hydrogens (tertiary/aromatic N) is 2. The number of rotatable bonds is 4. The highest BCUT2D eigenvalue weighted by molar-refractivity contribution is 7.99. The summed E-state index contributed by atoms with van der Waals surface area (Å²) >= 11 is 1.25. The van der Waals surface area contributed by atoms with Gasteiger partial charge < -0.3 is 10.6 Å². The Morgan fingerprint density at radius 1 is 1.44 bits per heavy atom. The zero-order valence-corrected chi connectivity index (χ0v) is 10.7. The molecular formula is C12H13N3O2S. The maximum atomic E-state index is 11.1. The molecule has 0 aliphatic heterocycles. The lowest BCUT2D eigenvalue weighted by atomic mass is 10.2. The van der Waals surface area contributed by atoms with Crippen molar-refractivity contribution in [3.63, 3.8) is 0 Å². The molecule has 6 heteroatoms. The second-order valence-electron chi connectivity index (χ2n) is 3.55. The molecule has 0 spiro atoms. The number of thioether (sulfide) groups is 1. The van der Waals surface area contributed by atoms with Crippen LogP contribution in [-0.2, 0) is 9.53 Å². The third-order valence-electron chi connectivity index (χ3n) is 2.31. The number of hydrogen-bond donors (Lipinski definition) is 1. The molecule has 0 bridgehead atoms. The lowest BCUT2D eigenvalue weighted by Crippen LogP contribution is -2.10. The Hall–Kier alpha value is -1.95. The van der Waals surface area contributed by atoms with Crippen LogP contribution in [0, 0.1) is 0 Å². The van der Waals surface area contributed by atoms with Crippen LogP contribution in [-0.4, -0.2) is 28.5 Å². The van der Waals surface area contributed by atoms with E-state index in [9.17, 15) is 4.79 Å². The zero-order valence-electron chi connectivity index (χ0n) is 9.87. The Balaban J connectivity index is 2.15. The first-order chi connectivity index (χ1) is 8.70. The lowest BCUT2D eigenvalue weighted by Gasteiger charge is -1.99. The average Bonchev–Trinajstić information content (AvgIpc) is 2.78. The predicted octanol–water partition coefficient (Wildman–Crippen LogP) is 1.53. The molecule has 5 nitrogen and oxygen atoms in total. The van der Waals surface area contributed by atoms with E-state index in [1.807, 2.05) is 30.3 Å². The van der Waals surface area contributed by atoms with Crippen molar-refractivity contribution in [1.29, 1.82) is 0 Å². The van der Waals surface area contributed by atoms with Gasteiger partial charge in [0.25, 0.3) is 0 Å². The molecule has 2 aromatic rings. The monoisotopic (exact) mass is 263 g/mol. The molecule has 0 unspecified atom stereocenters. The number of hydrogen-bond acceptors (Lipinski definition) is 5. The molecule has 0 aliphatic rings. The van der Waals surface area contributed by atoms with Gasteiger partial charge in [-0.25, -0.2) is 9.66 Å². The lowest BCUT2D eigenvalue weighted by molar-refractivity contribution is -0.137. The first-order valence-electron chi connectivity index (χ1n) is 5.30. The number of aromatic nitrogens is 2. The van der Waals surface area contributed by atoms with E-state index >= 15 is 0 Å². The topological polar surface area (TPSA) is 70.1 Å². The molecule has 94 valence electrons. The summed E-state index contributed by atoms with van der Waals surface area (Å²) in [6.07, 6.45) is 1.73. The second-order valence-corrected chi connectivity index (χ2v) is 4.49. The largest absolute Gasteiger partial charge is 0.468 e. The third-order valence-corrected chi connectivity index (χ3v) is 3.26. The fourth-order valence-electron chi connectivity index (χ4n) is 1.41. The van der Waals surface area contributed by atoms with Gasteiger partial charge in [0.05, 0.1) is 24.8 Å². The molecule has 0 fully saturated rings. The number of carbonyl (C=O) groups is 1. The van der Waals surface area contributed by atoms with E-state index in [2.05, 4.69) is 9.72 Å². The number of ether oxygens (including phenoxy) is 1. The summed E-state index contributed by atoms with van der Waals surface area (Å²) in [4.78, 5) is 15.4. The predicted molar refractivity (Wildman–Crippen MR) is 70.6 cm³/mol. The minimum Gasteiger partial charge on any atom is -0.468 e. The molecule has 0 saturated heterocycles. The maximum Gasteiger partial charge on any atom is 0.316 e. The molecule has 1 heterocycles. The van der Waals surface area contributed by atoms with Crippen LogP contribution in [0.3, 0.4) is 0 Å². The first kappa shape index (κ1) is 12.5. The SMILES string of the molecule is COC(=O)CSc1nc(-c2ccccc2)cn1N. The number of benzene rings is 1. The number of carbonyl (C=O) groups excluding carboxylic acids is 1. The Labute approximate surface area is 109 Å². The standard InChI is InChI=1S/C12H13N3O2S/c1-17-11(16)8-18-12-14-10(7-15(12)13)9-5-3-2-4-6-9/h2-7H,8,13H2,1H3. The van der Waals surface area contributed by atoms with Gasteiger partial charge in [-0.3, -0.25) is 4.79 Å². The highest BCUT2D eigenvalue weighted by Crippen LogP contribution is 2.22. The number of methoxy groups -OCH3 is 1. The van der Waals surface area contributed by atoms with E-state index in [0.29, 0.717) is 5.16 Å². The van der Waals surface area contributed by atoms with E-state index < -0.39 is 0 Å². The van der Waals surface area contributed by atoms with Crippen LogP contribution in [0.2, 0.25) is 0 Å². The van der Waals surface area contributed by atoms with Crippen LogP contribution < -0.4 is 5.84 Å². The Kier molecular flexibility index (Phi) is 3.88. The van der Waals surface area contributed by atoms with Gasteiger partial charge in [-0.1, -0.05) is 42.1 Å². The van der Waals surface area contributed by atoms with Crippen LogP contribution in [0.1, 0.15) is 0 Å². The van der Waals surface area contributed by atoms with Gasteiger partial charge in [-0.15, -0.1) is 0 Å². The molecule has 0 aliphatic carbocycles. The van der Waals surface area contributed by atoms with Gasteiger partial charge in [0.15, 0.2) is 5.16 Å². The number of esters is 1. The first-order valence-corrected chi connectivity index (χ1v) is 6.29. The smallest absolute Gasteiger partial charge is 0.316 e. The fraction of sp³-hybridized carbons (Fsp3) is 0.167. The second kappa shape index (κ2) is 5.59. The minimum atomic E-state index is -0.302. The van der Waals surface area contributed by atoms with Crippen molar-refractivity contribution < 1.29 is 9.53 Å². The highest BCUT2D eigenvalue weighted by Gasteiger charge is 2.10. The van der Waals surface area contributed by atoms with Crippen molar-refractivity contribution in [2.45, 2.75) is 5.16 Å². The van der Waals surface area contributed by atoms with Crippen LogP contribution in [0.25, 0.3) is 11.3 Å². The van der Waals surface area contributed by atoms with Crippen molar-refractivity contribution in [2.75, 3.05) is 18.7 Å². The van der Waals surface area contributed by atoms with Crippen molar-refractivity contribution in [2.24, 2.45) is 0 Å². The molecule has 0 saturated carbocycles. The summed E-state index contributed by atoms with van der Waals surface area (Å²) in [6.45, 7) is 0. The Morgan fingerprint density at radius 3 is 2.83 bits per heavy atom. The van der Waals surface area contributed by atoms with Gasteiger partial charge in [0.1, 0.15) is 0 Å². The molecule has 0 amide bonds. The van der Waals surface area contributed by atoms with Crippen molar-refractivity contribution in [3.8, 4) is 11.3 Å². The van der Waals surface area contributed by atoms with Crippen LogP contribution in [0.4, 0.5) is 0 Å². The van der Waals surface area contributed by atoms with E-state index in [1.54, 1.807) is 6.20 Å². The molecule has 2 rings (SSSR count). The summed E-state index contributed by atoms with van der Waals surface area (Å²) in [5, 5.41) is 0.583.